The van der Waals surface area contributed by atoms with Gasteiger partial charge < -0.3 is 15.2 Å². The van der Waals surface area contributed by atoms with Crippen LogP contribution in [0.5, 0.6) is 5.75 Å². The second-order valence-corrected chi connectivity index (χ2v) is 7.72. The summed E-state index contributed by atoms with van der Waals surface area (Å²) in [6.07, 6.45) is 6.59. The number of halogens is 1. The summed E-state index contributed by atoms with van der Waals surface area (Å²) in [6.45, 7) is 2.90. The first-order valence-corrected chi connectivity index (χ1v) is 9.35. The molecule has 1 spiro atoms. The Bertz CT molecular complexity index is 625. The molecule has 1 aromatic carbocycles. The van der Waals surface area contributed by atoms with E-state index >= 15 is 0 Å². The first-order valence-electron chi connectivity index (χ1n) is 8.97. The average molecular weight is 367 g/mol. The summed E-state index contributed by atoms with van der Waals surface area (Å²) in [5, 5.41) is 0.515. The van der Waals surface area contributed by atoms with Crippen LogP contribution in [0.1, 0.15) is 37.7 Å². The topological polar surface area (TPSA) is 64.8 Å². The number of ether oxygens (including phenoxy) is 2. The van der Waals surface area contributed by atoms with Gasteiger partial charge in [-0.15, -0.1) is 0 Å². The van der Waals surface area contributed by atoms with E-state index in [2.05, 4.69) is 4.90 Å². The number of benzene rings is 1. The zero-order chi connectivity index (χ0) is 17.9. The fourth-order valence-electron chi connectivity index (χ4n) is 4.50. The van der Waals surface area contributed by atoms with E-state index in [4.69, 9.17) is 26.8 Å². The number of amides is 1. The van der Waals surface area contributed by atoms with Crippen LogP contribution in [0.4, 0.5) is 0 Å². The van der Waals surface area contributed by atoms with E-state index < -0.39 is 5.91 Å². The molecule has 25 heavy (non-hydrogen) atoms. The number of nitrogens with zero attached hydrogens (tertiary/aromatic N) is 1. The summed E-state index contributed by atoms with van der Waals surface area (Å²) in [5.74, 6) is -0.0161. The molecule has 2 atom stereocenters. The summed E-state index contributed by atoms with van der Waals surface area (Å²) >= 11 is 6.28. The van der Waals surface area contributed by atoms with Crippen molar-refractivity contribution in [1.82, 2.24) is 4.90 Å². The Labute approximate surface area is 154 Å². The van der Waals surface area contributed by atoms with Crippen LogP contribution in [0, 0.1) is 5.41 Å². The Morgan fingerprint density at radius 1 is 1.40 bits per heavy atom. The molecule has 2 fully saturated rings. The van der Waals surface area contributed by atoms with E-state index in [1.807, 2.05) is 25.3 Å². The van der Waals surface area contributed by atoms with Gasteiger partial charge >= 0.3 is 0 Å². The largest absolute Gasteiger partial charge is 0.482 e. The number of carbonyl (C=O) groups excluding carboxylic acids is 1. The normalized spacial score (nSPS) is 26.9. The number of hydrogen-bond acceptors (Lipinski definition) is 4. The molecule has 1 saturated heterocycles. The molecular weight excluding hydrogens is 340 g/mol. The molecule has 138 valence electrons. The predicted octanol–water partition coefficient (Wildman–Crippen LogP) is 2.99. The van der Waals surface area contributed by atoms with E-state index in [9.17, 15) is 4.79 Å². The van der Waals surface area contributed by atoms with Gasteiger partial charge in [-0.05, 0) is 49.9 Å². The minimum absolute atomic E-state index is 0.161. The third-order valence-electron chi connectivity index (χ3n) is 5.57. The quantitative estimate of drug-likeness (QED) is 0.840. The first-order chi connectivity index (χ1) is 12.0. The average Bonchev–Trinajstić information content (AvgIpc) is 2.95. The summed E-state index contributed by atoms with van der Waals surface area (Å²) in [4.78, 5) is 13.3. The lowest BCUT2D eigenvalue weighted by atomic mass is 9.76. The van der Waals surface area contributed by atoms with Crippen LogP contribution in [0.15, 0.2) is 18.2 Å². The van der Waals surface area contributed by atoms with Gasteiger partial charge in [0.1, 0.15) is 5.75 Å². The van der Waals surface area contributed by atoms with Crippen LogP contribution in [0.25, 0.3) is 0 Å². The molecule has 2 aliphatic rings. The number of rotatable bonds is 6. The number of hydrogen-bond donors (Lipinski definition) is 1. The lowest BCUT2D eigenvalue weighted by Crippen LogP contribution is -2.47. The zero-order valence-electron chi connectivity index (χ0n) is 14.8. The summed E-state index contributed by atoms with van der Waals surface area (Å²) < 4.78 is 11.1. The Morgan fingerprint density at radius 3 is 2.92 bits per heavy atom. The van der Waals surface area contributed by atoms with Gasteiger partial charge in [-0.3, -0.25) is 9.69 Å². The maximum atomic E-state index is 10.8. The highest BCUT2D eigenvalue weighted by Gasteiger charge is 2.45. The number of carbonyl (C=O) groups is 1. The van der Waals surface area contributed by atoms with Gasteiger partial charge in [-0.1, -0.05) is 24.1 Å². The highest BCUT2D eigenvalue weighted by molar-refractivity contribution is 6.32. The molecule has 1 saturated carbocycles. The van der Waals surface area contributed by atoms with Crippen LogP contribution in [-0.2, 0) is 16.1 Å². The standard InChI is InChI=1S/C19H27ClN2O3/c1-24-17-4-2-7-19(17)8-3-9-22(13-19)11-14-5-6-16(15(20)10-14)25-12-18(21)23/h5-6,10,17H,2-4,7-9,11-13H2,1H3,(H2,21,23)/t17-,19-/m1/s1. The van der Waals surface area contributed by atoms with Gasteiger partial charge in [0.25, 0.3) is 5.91 Å². The van der Waals surface area contributed by atoms with Crippen molar-refractivity contribution in [3.63, 3.8) is 0 Å². The zero-order valence-corrected chi connectivity index (χ0v) is 15.6. The number of methoxy groups -OCH3 is 1. The molecule has 6 heteroatoms. The second kappa shape index (κ2) is 7.94. The van der Waals surface area contributed by atoms with Crippen LogP contribution < -0.4 is 10.5 Å². The van der Waals surface area contributed by atoms with E-state index in [1.165, 1.54) is 32.1 Å². The molecule has 0 unspecified atom stereocenters. The van der Waals surface area contributed by atoms with Crippen molar-refractivity contribution < 1.29 is 14.3 Å². The fourth-order valence-corrected chi connectivity index (χ4v) is 4.76. The molecule has 2 N–H and O–H groups in total. The number of primary amides is 1. The third kappa shape index (κ3) is 4.27. The molecule has 0 radical (unpaired) electrons. The Hall–Kier alpha value is -1.30. The van der Waals surface area contributed by atoms with Crippen molar-refractivity contribution in [1.29, 1.82) is 0 Å². The van der Waals surface area contributed by atoms with Crippen molar-refractivity contribution >= 4 is 17.5 Å². The number of nitrogens with two attached hydrogens (primary N) is 1. The maximum Gasteiger partial charge on any atom is 0.255 e. The van der Waals surface area contributed by atoms with Gasteiger partial charge in [-0.2, -0.15) is 0 Å². The number of likely N-dealkylation sites (tertiary alicyclic amines) is 1. The molecule has 5 nitrogen and oxygen atoms in total. The molecule has 1 aromatic rings. The highest BCUT2D eigenvalue weighted by atomic mass is 35.5. The Balaban J connectivity index is 1.64. The monoisotopic (exact) mass is 366 g/mol. The van der Waals surface area contributed by atoms with E-state index in [-0.39, 0.29) is 6.61 Å². The van der Waals surface area contributed by atoms with E-state index in [1.54, 1.807) is 0 Å². The van der Waals surface area contributed by atoms with Crippen molar-refractivity contribution in [2.75, 3.05) is 26.8 Å². The summed E-state index contributed by atoms with van der Waals surface area (Å²) in [5.41, 5.74) is 6.57. The molecule has 1 aliphatic heterocycles. The van der Waals surface area contributed by atoms with Crippen molar-refractivity contribution in [3.8, 4) is 5.75 Å². The smallest absolute Gasteiger partial charge is 0.255 e. The second-order valence-electron chi connectivity index (χ2n) is 7.31. The van der Waals surface area contributed by atoms with Gasteiger partial charge in [0.05, 0.1) is 11.1 Å². The lowest BCUT2D eigenvalue weighted by Gasteiger charge is -2.43. The Morgan fingerprint density at radius 2 is 2.20 bits per heavy atom. The minimum atomic E-state index is -0.511. The van der Waals surface area contributed by atoms with Crippen molar-refractivity contribution in [3.05, 3.63) is 28.8 Å². The third-order valence-corrected chi connectivity index (χ3v) is 5.86. The van der Waals surface area contributed by atoms with E-state index in [0.29, 0.717) is 22.3 Å². The molecule has 1 heterocycles. The molecule has 0 aromatic heterocycles. The highest BCUT2D eigenvalue weighted by Crippen LogP contribution is 2.46. The summed E-state index contributed by atoms with van der Waals surface area (Å²) in [6, 6.07) is 5.74. The van der Waals surface area contributed by atoms with Gasteiger partial charge in [-0.25, -0.2) is 0 Å². The molecule has 1 aliphatic carbocycles. The molecule has 0 bridgehead atoms. The van der Waals surface area contributed by atoms with Crippen LogP contribution in [0.2, 0.25) is 5.02 Å². The first kappa shape index (κ1) is 18.5. The summed E-state index contributed by atoms with van der Waals surface area (Å²) in [7, 11) is 1.85. The van der Waals surface area contributed by atoms with Crippen molar-refractivity contribution in [2.45, 2.75) is 44.8 Å². The number of piperidine rings is 1. The van der Waals surface area contributed by atoms with E-state index in [0.717, 1.165) is 25.2 Å². The van der Waals surface area contributed by atoms with Gasteiger partial charge in [0.2, 0.25) is 0 Å². The molecule has 3 rings (SSSR count). The van der Waals surface area contributed by atoms with Gasteiger partial charge in [0.15, 0.2) is 6.61 Å². The van der Waals surface area contributed by atoms with Crippen LogP contribution >= 0.6 is 11.6 Å². The van der Waals surface area contributed by atoms with Crippen LogP contribution in [-0.4, -0.2) is 43.7 Å². The maximum absolute atomic E-state index is 10.8. The SMILES string of the molecule is CO[C@@H]1CCC[C@]12CCCN(Cc1ccc(OCC(N)=O)c(Cl)c1)C2. The predicted molar refractivity (Wildman–Crippen MR) is 97.7 cm³/mol. The molecule has 1 amide bonds. The van der Waals surface area contributed by atoms with Crippen LogP contribution in [0.3, 0.4) is 0 Å². The fraction of sp³-hybridized carbons (Fsp3) is 0.632. The van der Waals surface area contributed by atoms with Crippen molar-refractivity contribution in [2.24, 2.45) is 11.1 Å². The molecular formula is C19H27ClN2O3. The Kier molecular flexibility index (Phi) is 5.87. The minimum Gasteiger partial charge on any atom is -0.482 e. The lowest BCUT2D eigenvalue weighted by molar-refractivity contribution is -0.119. The van der Waals surface area contributed by atoms with Gasteiger partial charge in [0, 0.05) is 25.6 Å².